The maximum atomic E-state index is 12.3. The third kappa shape index (κ3) is 1.32. The molecular weight excluding hydrogens is 103 g/mol. The molecule has 1 aliphatic carbocycles. The van der Waals surface area contributed by atoms with Crippen LogP contribution in [0.3, 0.4) is 0 Å². The second kappa shape index (κ2) is 2.29. The molecule has 1 heteroatoms. The van der Waals surface area contributed by atoms with Gasteiger partial charge in [0.05, 0.1) is 0 Å². The van der Waals surface area contributed by atoms with E-state index >= 15 is 0 Å². The predicted octanol–water partition coefficient (Wildman–Crippen LogP) is 2.31. The van der Waals surface area contributed by atoms with Crippen molar-refractivity contribution in [3.8, 4) is 0 Å². The Hall–Kier alpha value is -0.330. The molecule has 8 heavy (non-hydrogen) atoms. The Morgan fingerprint density at radius 2 is 2.12 bits per heavy atom. The maximum absolute atomic E-state index is 12.3. The summed E-state index contributed by atoms with van der Waals surface area (Å²) in [5.74, 6) is 0.599. The molecule has 46 valence electrons. The van der Waals surface area contributed by atoms with Gasteiger partial charge in [-0.15, -0.1) is 0 Å². The second-order valence-electron chi connectivity index (χ2n) is 2.46. The third-order valence-corrected chi connectivity index (χ3v) is 1.55. The van der Waals surface area contributed by atoms with Crippen molar-refractivity contribution in [1.29, 1.82) is 0 Å². The molecule has 0 aromatic rings. The first-order valence-electron chi connectivity index (χ1n) is 3.11. The number of hydrogen-bond donors (Lipinski definition) is 0. The van der Waals surface area contributed by atoms with Crippen LogP contribution < -0.4 is 0 Å². The van der Waals surface area contributed by atoms with E-state index in [4.69, 9.17) is 0 Å². The van der Waals surface area contributed by atoms with Gasteiger partial charge in [-0.3, -0.25) is 0 Å². The topological polar surface area (TPSA) is 0 Å². The Balaban J connectivity index is 2.42. The molecule has 1 aliphatic rings. The molecule has 0 radical (unpaired) electrons. The Labute approximate surface area is 49.4 Å². The molecule has 0 saturated carbocycles. The zero-order chi connectivity index (χ0) is 5.98. The van der Waals surface area contributed by atoms with Gasteiger partial charge in [0.15, 0.2) is 0 Å². The average molecular weight is 114 g/mol. The van der Waals surface area contributed by atoms with Crippen LogP contribution in [-0.4, -0.2) is 6.17 Å². The fourth-order valence-corrected chi connectivity index (χ4v) is 0.925. The van der Waals surface area contributed by atoms with Gasteiger partial charge in [0.1, 0.15) is 6.17 Å². The third-order valence-electron chi connectivity index (χ3n) is 1.55. The molecule has 0 heterocycles. The molecule has 0 saturated heterocycles. The van der Waals surface area contributed by atoms with Gasteiger partial charge in [0.25, 0.3) is 0 Å². The number of halogens is 1. The van der Waals surface area contributed by atoms with Crippen LogP contribution in [0, 0.1) is 5.92 Å². The van der Waals surface area contributed by atoms with Gasteiger partial charge >= 0.3 is 0 Å². The van der Waals surface area contributed by atoms with E-state index in [0.717, 1.165) is 12.8 Å². The highest BCUT2D eigenvalue weighted by Gasteiger charge is 2.09. The number of hydrogen-bond acceptors (Lipinski definition) is 0. The zero-order valence-corrected chi connectivity index (χ0v) is 5.10. The van der Waals surface area contributed by atoms with Gasteiger partial charge in [-0.05, 0) is 18.8 Å². The summed E-state index contributed by atoms with van der Waals surface area (Å²) in [5.41, 5.74) is 0. The molecule has 0 aliphatic heterocycles. The number of allylic oxidation sites excluding steroid dienone is 2. The van der Waals surface area contributed by atoms with Gasteiger partial charge in [-0.1, -0.05) is 19.1 Å². The smallest absolute Gasteiger partial charge is 0.118 e. The van der Waals surface area contributed by atoms with Crippen molar-refractivity contribution in [3.63, 3.8) is 0 Å². The average Bonchev–Trinajstić information content (AvgIpc) is 1.77. The van der Waals surface area contributed by atoms with Crippen LogP contribution in [0.15, 0.2) is 12.2 Å². The monoisotopic (exact) mass is 114 g/mol. The van der Waals surface area contributed by atoms with Crippen LogP contribution in [0.25, 0.3) is 0 Å². The Morgan fingerprint density at radius 1 is 1.38 bits per heavy atom. The van der Waals surface area contributed by atoms with Crippen LogP contribution in [0.5, 0.6) is 0 Å². The minimum Gasteiger partial charge on any atom is -0.243 e. The standard InChI is InChI=1S/C7H11F/c1-6-2-4-7(8)5-3-6/h2,4,6-7H,3,5H2,1H3/t6-,7?/m0/s1. The molecule has 0 amide bonds. The molecule has 0 spiro atoms. The largest absolute Gasteiger partial charge is 0.243 e. The van der Waals surface area contributed by atoms with Crippen molar-refractivity contribution in [2.75, 3.05) is 0 Å². The summed E-state index contributed by atoms with van der Waals surface area (Å²) in [4.78, 5) is 0. The van der Waals surface area contributed by atoms with Gasteiger partial charge in [-0.25, -0.2) is 4.39 Å². The van der Waals surface area contributed by atoms with Crippen LogP contribution >= 0.6 is 0 Å². The summed E-state index contributed by atoms with van der Waals surface area (Å²) in [6.07, 6.45) is 4.68. The molecular formula is C7H11F. The van der Waals surface area contributed by atoms with Crippen LogP contribution in [0.2, 0.25) is 0 Å². The number of alkyl halides is 1. The lowest BCUT2D eigenvalue weighted by atomic mass is 9.97. The van der Waals surface area contributed by atoms with E-state index < -0.39 is 6.17 Å². The van der Waals surface area contributed by atoms with Crippen LogP contribution in [0.4, 0.5) is 4.39 Å². The van der Waals surface area contributed by atoms with Crippen molar-refractivity contribution >= 4 is 0 Å². The first kappa shape index (κ1) is 5.80. The molecule has 0 aromatic carbocycles. The van der Waals surface area contributed by atoms with Crippen molar-refractivity contribution in [3.05, 3.63) is 12.2 Å². The lowest BCUT2D eigenvalue weighted by molar-refractivity contribution is 0.341. The summed E-state index contributed by atoms with van der Waals surface area (Å²) in [6.45, 7) is 2.11. The van der Waals surface area contributed by atoms with Crippen LogP contribution in [-0.2, 0) is 0 Å². The summed E-state index contributed by atoms with van der Waals surface area (Å²) < 4.78 is 12.3. The molecule has 0 bridgehead atoms. The maximum Gasteiger partial charge on any atom is 0.118 e. The van der Waals surface area contributed by atoms with E-state index in [0.29, 0.717) is 5.92 Å². The molecule has 0 N–H and O–H groups in total. The van der Waals surface area contributed by atoms with E-state index in [1.807, 2.05) is 6.08 Å². The summed E-state index contributed by atoms with van der Waals surface area (Å²) >= 11 is 0. The van der Waals surface area contributed by atoms with E-state index in [9.17, 15) is 4.39 Å². The van der Waals surface area contributed by atoms with Crippen molar-refractivity contribution in [1.82, 2.24) is 0 Å². The highest BCUT2D eigenvalue weighted by molar-refractivity contribution is 4.96. The highest BCUT2D eigenvalue weighted by Crippen LogP contribution is 2.18. The van der Waals surface area contributed by atoms with Gasteiger partial charge in [0, 0.05) is 0 Å². The first-order chi connectivity index (χ1) is 3.79. The quantitative estimate of drug-likeness (QED) is 0.424. The molecule has 1 rings (SSSR count). The van der Waals surface area contributed by atoms with Crippen molar-refractivity contribution < 1.29 is 4.39 Å². The fraction of sp³-hybridized carbons (Fsp3) is 0.714. The highest BCUT2D eigenvalue weighted by atomic mass is 19.1. The minimum absolute atomic E-state index is 0.599. The Morgan fingerprint density at radius 3 is 2.50 bits per heavy atom. The molecule has 0 nitrogen and oxygen atoms in total. The molecule has 1 unspecified atom stereocenters. The minimum atomic E-state index is -0.661. The summed E-state index contributed by atoms with van der Waals surface area (Å²) in [6, 6.07) is 0. The first-order valence-corrected chi connectivity index (χ1v) is 3.11. The summed E-state index contributed by atoms with van der Waals surface area (Å²) in [7, 11) is 0. The van der Waals surface area contributed by atoms with E-state index in [-0.39, 0.29) is 0 Å². The van der Waals surface area contributed by atoms with Gasteiger partial charge in [0.2, 0.25) is 0 Å². The van der Waals surface area contributed by atoms with Crippen molar-refractivity contribution in [2.24, 2.45) is 5.92 Å². The van der Waals surface area contributed by atoms with Crippen LogP contribution in [0.1, 0.15) is 19.8 Å². The lowest BCUT2D eigenvalue weighted by Gasteiger charge is -2.12. The SMILES string of the molecule is C[C@H]1C=CC(F)CC1. The molecule has 2 atom stereocenters. The van der Waals surface area contributed by atoms with E-state index in [2.05, 4.69) is 6.92 Å². The van der Waals surface area contributed by atoms with Gasteiger partial charge < -0.3 is 0 Å². The normalized spacial score (nSPS) is 37.8. The predicted molar refractivity (Wildman–Crippen MR) is 32.4 cm³/mol. The van der Waals surface area contributed by atoms with E-state index in [1.54, 1.807) is 6.08 Å². The molecule has 0 aromatic heterocycles. The zero-order valence-electron chi connectivity index (χ0n) is 5.10. The van der Waals surface area contributed by atoms with Gasteiger partial charge in [-0.2, -0.15) is 0 Å². The second-order valence-corrected chi connectivity index (χ2v) is 2.46. The number of rotatable bonds is 0. The van der Waals surface area contributed by atoms with E-state index in [1.165, 1.54) is 0 Å². The Bertz CT molecular complexity index is 84.6. The Kier molecular flexibility index (Phi) is 1.66. The van der Waals surface area contributed by atoms with Crippen molar-refractivity contribution in [2.45, 2.75) is 25.9 Å². The fourth-order valence-electron chi connectivity index (χ4n) is 0.925. The lowest BCUT2D eigenvalue weighted by Crippen LogP contribution is -2.05. The molecule has 0 fully saturated rings. The summed E-state index contributed by atoms with van der Waals surface area (Å²) in [5, 5.41) is 0.